The van der Waals surface area contributed by atoms with Gasteiger partial charge in [-0.15, -0.1) is 0 Å². The Morgan fingerprint density at radius 2 is 1.76 bits per heavy atom. The van der Waals surface area contributed by atoms with Gasteiger partial charge < -0.3 is 9.64 Å². The van der Waals surface area contributed by atoms with Crippen molar-refractivity contribution in [1.29, 1.82) is 0 Å². The summed E-state index contributed by atoms with van der Waals surface area (Å²) < 4.78 is 31.4. The minimum atomic E-state index is -3.69. The molecule has 1 spiro atoms. The number of carbonyl (C=O) groups excluding carboxylic acids is 1. The maximum atomic E-state index is 12.7. The third-order valence-electron chi connectivity index (χ3n) is 4.90. The molecule has 2 fully saturated rings. The third-order valence-corrected chi connectivity index (χ3v) is 6.77. The zero-order chi connectivity index (χ0) is 18.3. The summed E-state index contributed by atoms with van der Waals surface area (Å²) in [4.78, 5) is 14.5. The Labute approximate surface area is 154 Å². The molecule has 7 heteroatoms. The van der Waals surface area contributed by atoms with E-state index in [1.807, 2.05) is 13.8 Å². The summed E-state index contributed by atoms with van der Waals surface area (Å²) in [5, 5.41) is 0.461. The van der Waals surface area contributed by atoms with Crippen LogP contribution in [0, 0.1) is 0 Å². The highest BCUT2D eigenvalue weighted by atomic mass is 35.5. The SMILES string of the molecule is CC1(C)CN(C(=O)CS(=O)(=O)c2ccc(Cl)cc2)CC2(CCCC2)O1. The average Bonchev–Trinajstić information content (AvgIpc) is 2.92. The fourth-order valence-corrected chi connectivity index (χ4v) is 5.30. The van der Waals surface area contributed by atoms with Gasteiger partial charge in [-0.3, -0.25) is 4.79 Å². The van der Waals surface area contributed by atoms with Crippen LogP contribution < -0.4 is 0 Å². The Morgan fingerprint density at radius 1 is 1.16 bits per heavy atom. The molecule has 1 saturated heterocycles. The van der Waals surface area contributed by atoms with E-state index in [4.69, 9.17) is 16.3 Å². The standard InChI is InChI=1S/C18H24ClNO4S/c1-17(2)12-20(13-18(24-17)9-3-4-10-18)16(21)11-25(22,23)15-7-5-14(19)6-8-15/h5-8H,3-4,9-13H2,1-2H3. The average molecular weight is 386 g/mol. The van der Waals surface area contributed by atoms with Crippen molar-refractivity contribution in [3.63, 3.8) is 0 Å². The Kier molecular flexibility index (Phi) is 4.90. The van der Waals surface area contributed by atoms with Crippen LogP contribution in [-0.4, -0.2) is 49.3 Å². The number of morpholine rings is 1. The summed E-state index contributed by atoms with van der Waals surface area (Å²) in [5.74, 6) is -0.890. The molecule has 3 rings (SSSR count). The van der Waals surface area contributed by atoms with Crippen LogP contribution in [0.4, 0.5) is 0 Å². The number of halogens is 1. The van der Waals surface area contributed by atoms with Crippen LogP contribution in [0.3, 0.4) is 0 Å². The van der Waals surface area contributed by atoms with E-state index in [9.17, 15) is 13.2 Å². The van der Waals surface area contributed by atoms with E-state index in [1.165, 1.54) is 24.3 Å². The molecule has 1 heterocycles. The van der Waals surface area contributed by atoms with Gasteiger partial charge in [0.05, 0.1) is 16.1 Å². The van der Waals surface area contributed by atoms with E-state index >= 15 is 0 Å². The van der Waals surface area contributed by atoms with Crippen molar-refractivity contribution >= 4 is 27.3 Å². The molecule has 0 atom stereocenters. The molecule has 1 aromatic carbocycles. The predicted octanol–water partition coefficient (Wildman–Crippen LogP) is 3.06. The number of rotatable bonds is 3. The molecule has 1 amide bonds. The minimum Gasteiger partial charge on any atom is -0.365 e. The number of sulfone groups is 1. The van der Waals surface area contributed by atoms with Gasteiger partial charge in [-0.2, -0.15) is 0 Å². The molecule has 0 bridgehead atoms. The summed E-state index contributed by atoms with van der Waals surface area (Å²) in [6.45, 7) is 4.80. The van der Waals surface area contributed by atoms with Gasteiger partial charge in [0.2, 0.25) is 5.91 Å². The van der Waals surface area contributed by atoms with Crippen LogP contribution in [0.25, 0.3) is 0 Å². The largest absolute Gasteiger partial charge is 0.365 e. The van der Waals surface area contributed by atoms with E-state index < -0.39 is 21.2 Å². The Hall–Kier alpha value is -1.11. The predicted molar refractivity (Wildman–Crippen MR) is 96.4 cm³/mol. The van der Waals surface area contributed by atoms with Gasteiger partial charge in [-0.05, 0) is 51.0 Å². The van der Waals surface area contributed by atoms with E-state index in [-0.39, 0.29) is 16.4 Å². The number of carbonyl (C=O) groups is 1. The van der Waals surface area contributed by atoms with Gasteiger partial charge in [0.25, 0.3) is 0 Å². The second-order valence-electron chi connectivity index (χ2n) is 7.71. The van der Waals surface area contributed by atoms with E-state index in [0.29, 0.717) is 18.1 Å². The van der Waals surface area contributed by atoms with Crippen molar-refractivity contribution in [3.8, 4) is 0 Å². The van der Waals surface area contributed by atoms with Gasteiger partial charge in [0.1, 0.15) is 5.75 Å². The zero-order valence-corrected chi connectivity index (χ0v) is 16.2. The smallest absolute Gasteiger partial charge is 0.238 e. The van der Waals surface area contributed by atoms with Gasteiger partial charge in [0.15, 0.2) is 9.84 Å². The van der Waals surface area contributed by atoms with E-state index in [0.717, 1.165) is 25.7 Å². The molecule has 1 saturated carbocycles. The number of hydrogen-bond donors (Lipinski definition) is 0. The van der Waals surface area contributed by atoms with Crippen molar-refractivity contribution in [3.05, 3.63) is 29.3 Å². The molecule has 0 N–H and O–H groups in total. The maximum Gasteiger partial charge on any atom is 0.238 e. The molecule has 0 aromatic heterocycles. The lowest BCUT2D eigenvalue weighted by atomic mass is 9.94. The second-order valence-corrected chi connectivity index (χ2v) is 10.1. The lowest BCUT2D eigenvalue weighted by Gasteiger charge is -2.48. The van der Waals surface area contributed by atoms with Gasteiger partial charge in [0, 0.05) is 18.1 Å². The maximum absolute atomic E-state index is 12.7. The summed E-state index contributed by atoms with van der Waals surface area (Å²) in [6.07, 6.45) is 4.01. The van der Waals surface area contributed by atoms with Gasteiger partial charge >= 0.3 is 0 Å². The molecule has 25 heavy (non-hydrogen) atoms. The normalized spacial score (nSPS) is 22.3. The number of hydrogen-bond acceptors (Lipinski definition) is 4. The molecule has 1 aliphatic heterocycles. The highest BCUT2D eigenvalue weighted by Gasteiger charge is 2.47. The van der Waals surface area contributed by atoms with Crippen LogP contribution in [0.2, 0.25) is 5.02 Å². The highest BCUT2D eigenvalue weighted by molar-refractivity contribution is 7.92. The van der Waals surface area contributed by atoms with Crippen LogP contribution in [0.1, 0.15) is 39.5 Å². The van der Waals surface area contributed by atoms with Crippen LogP contribution in [0.15, 0.2) is 29.2 Å². The van der Waals surface area contributed by atoms with Crippen LogP contribution in [0.5, 0.6) is 0 Å². The minimum absolute atomic E-state index is 0.119. The summed E-state index contributed by atoms with van der Waals surface area (Å²) in [5.41, 5.74) is -0.788. The fourth-order valence-electron chi connectivity index (χ4n) is 3.95. The molecule has 0 radical (unpaired) electrons. The van der Waals surface area contributed by atoms with Crippen molar-refractivity contribution in [1.82, 2.24) is 4.90 Å². The quantitative estimate of drug-likeness (QED) is 0.802. The monoisotopic (exact) mass is 385 g/mol. The molecule has 1 aromatic rings. The first-order valence-electron chi connectivity index (χ1n) is 8.57. The molecular weight excluding hydrogens is 362 g/mol. The molecule has 1 aliphatic carbocycles. The lowest BCUT2D eigenvalue weighted by molar-refractivity contribution is -0.197. The molecular formula is C18H24ClNO4S. The van der Waals surface area contributed by atoms with Crippen molar-refractivity contribution < 1.29 is 17.9 Å². The highest BCUT2D eigenvalue weighted by Crippen LogP contribution is 2.40. The first-order valence-corrected chi connectivity index (χ1v) is 10.6. The van der Waals surface area contributed by atoms with Crippen molar-refractivity contribution in [2.24, 2.45) is 0 Å². The molecule has 5 nitrogen and oxygen atoms in total. The van der Waals surface area contributed by atoms with Crippen molar-refractivity contribution in [2.75, 3.05) is 18.8 Å². The lowest BCUT2D eigenvalue weighted by Crippen LogP contribution is -2.60. The van der Waals surface area contributed by atoms with Gasteiger partial charge in [-0.1, -0.05) is 24.4 Å². The first kappa shape index (κ1) is 18.7. The Morgan fingerprint density at radius 3 is 2.36 bits per heavy atom. The van der Waals surface area contributed by atoms with E-state index in [2.05, 4.69) is 0 Å². The number of benzene rings is 1. The zero-order valence-electron chi connectivity index (χ0n) is 14.6. The summed E-state index contributed by atoms with van der Waals surface area (Å²) >= 11 is 5.81. The number of ether oxygens (including phenoxy) is 1. The number of amides is 1. The summed E-state index contributed by atoms with van der Waals surface area (Å²) in [6, 6.07) is 5.91. The van der Waals surface area contributed by atoms with Gasteiger partial charge in [-0.25, -0.2) is 8.42 Å². The van der Waals surface area contributed by atoms with E-state index in [1.54, 1.807) is 4.90 Å². The third kappa shape index (κ3) is 4.18. The topological polar surface area (TPSA) is 63.7 Å². The van der Waals surface area contributed by atoms with Crippen LogP contribution >= 0.6 is 11.6 Å². The van der Waals surface area contributed by atoms with Crippen molar-refractivity contribution in [2.45, 2.75) is 55.6 Å². The molecule has 0 unspecified atom stereocenters. The molecule has 2 aliphatic rings. The Bertz CT molecular complexity index is 752. The fraction of sp³-hybridized carbons (Fsp3) is 0.611. The molecule has 138 valence electrons. The second kappa shape index (κ2) is 6.56. The Balaban J connectivity index is 1.76. The summed E-state index contributed by atoms with van der Waals surface area (Å²) in [7, 11) is -3.69. The van der Waals surface area contributed by atoms with Crippen LogP contribution in [-0.2, 0) is 19.4 Å². The first-order chi connectivity index (χ1) is 11.6. The number of nitrogens with zero attached hydrogens (tertiary/aromatic N) is 1.